The van der Waals surface area contributed by atoms with E-state index in [1.807, 2.05) is 31.2 Å². The van der Waals surface area contributed by atoms with Crippen LogP contribution in [0.4, 0.5) is 0 Å². The van der Waals surface area contributed by atoms with Crippen LogP contribution in [-0.4, -0.2) is 35.7 Å². The molecule has 6 nitrogen and oxygen atoms in total. The van der Waals surface area contributed by atoms with Gasteiger partial charge in [-0.25, -0.2) is 0 Å². The molecule has 6 heteroatoms. The molecule has 1 N–H and O–H groups in total. The van der Waals surface area contributed by atoms with E-state index in [4.69, 9.17) is 9.15 Å². The first kappa shape index (κ1) is 19.2. The second kappa shape index (κ2) is 8.09. The normalized spacial score (nSPS) is 15.7. The van der Waals surface area contributed by atoms with Gasteiger partial charge in [0.2, 0.25) is 5.76 Å². The summed E-state index contributed by atoms with van der Waals surface area (Å²) in [5.41, 5.74) is 1.36. The van der Waals surface area contributed by atoms with Crippen molar-refractivity contribution in [1.29, 1.82) is 0 Å². The van der Waals surface area contributed by atoms with Crippen molar-refractivity contribution in [2.24, 2.45) is 0 Å². The number of nitrogens with zero attached hydrogens (tertiary/aromatic N) is 1. The van der Waals surface area contributed by atoms with Gasteiger partial charge in [0.1, 0.15) is 11.3 Å². The molecule has 1 amide bonds. The third kappa shape index (κ3) is 3.40. The van der Waals surface area contributed by atoms with Crippen molar-refractivity contribution in [3.05, 3.63) is 75.6 Å². The maximum atomic E-state index is 13.3. The number of carbonyl (C=O) groups excluding carboxylic acids is 1. The van der Waals surface area contributed by atoms with Gasteiger partial charge in [-0.2, -0.15) is 0 Å². The van der Waals surface area contributed by atoms with Gasteiger partial charge in [-0.15, -0.1) is 0 Å². The van der Waals surface area contributed by atoms with E-state index in [0.717, 1.165) is 17.7 Å². The molecule has 29 heavy (non-hydrogen) atoms. The summed E-state index contributed by atoms with van der Waals surface area (Å²) < 4.78 is 11.5. The summed E-state index contributed by atoms with van der Waals surface area (Å²) >= 11 is 0. The standard InChI is InChI=1S/C23H23NO5/c1-2-14-28-16-10-8-15(9-11-16)20-19-21(26)17-6-3-4-7-18(17)29-22(19)23(27)24(20)12-5-13-25/h3-4,6-11,20,25H,2,5,12-14H2,1H3. The number of aliphatic hydroxyl groups is 1. The third-order valence-corrected chi connectivity index (χ3v) is 5.10. The van der Waals surface area contributed by atoms with E-state index in [9.17, 15) is 14.7 Å². The molecule has 0 spiro atoms. The molecule has 1 atom stereocenters. The zero-order chi connectivity index (χ0) is 20.4. The molecule has 3 aromatic rings. The van der Waals surface area contributed by atoms with E-state index in [-0.39, 0.29) is 23.7 Å². The second-order valence-corrected chi connectivity index (χ2v) is 7.07. The molecule has 1 aliphatic heterocycles. The van der Waals surface area contributed by atoms with Crippen molar-refractivity contribution >= 4 is 16.9 Å². The van der Waals surface area contributed by atoms with E-state index in [0.29, 0.717) is 36.1 Å². The van der Waals surface area contributed by atoms with Crippen molar-refractivity contribution in [2.75, 3.05) is 19.8 Å². The molecule has 0 aliphatic carbocycles. The summed E-state index contributed by atoms with van der Waals surface area (Å²) in [7, 11) is 0. The number of rotatable bonds is 7. The highest BCUT2D eigenvalue weighted by Gasteiger charge is 2.42. The molecule has 0 radical (unpaired) electrons. The summed E-state index contributed by atoms with van der Waals surface area (Å²) in [5, 5.41) is 9.73. The molecule has 2 heterocycles. The second-order valence-electron chi connectivity index (χ2n) is 7.07. The molecule has 150 valence electrons. The molecule has 0 bridgehead atoms. The monoisotopic (exact) mass is 393 g/mol. The lowest BCUT2D eigenvalue weighted by Crippen LogP contribution is -2.31. The van der Waals surface area contributed by atoms with E-state index in [1.54, 1.807) is 29.2 Å². The fraction of sp³-hybridized carbons (Fsp3) is 0.304. The lowest BCUT2D eigenvalue weighted by molar-refractivity contribution is 0.0716. The van der Waals surface area contributed by atoms with Crippen LogP contribution in [-0.2, 0) is 0 Å². The molecule has 0 saturated carbocycles. The van der Waals surface area contributed by atoms with Crippen LogP contribution in [0.1, 0.15) is 47.5 Å². The number of aliphatic hydroxyl groups excluding tert-OH is 1. The largest absolute Gasteiger partial charge is 0.494 e. The van der Waals surface area contributed by atoms with Gasteiger partial charge in [-0.05, 0) is 42.7 Å². The topological polar surface area (TPSA) is 80.0 Å². The summed E-state index contributed by atoms with van der Waals surface area (Å²) in [6, 6.07) is 13.8. The van der Waals surface area contributed by atoms with Crippen LogP contribution in [0.25, 0.3) is 11.0 Å². The minimum atomic E-state index is -0.551. The van der Waals surface area contributed by atoms with Crippen LogP contribution in [0.2, 0.25) is 0 Å². The smallest absolute Gasteiger partial charge is 0.290 e. The molecule has 1 unspecified atom stereocenters. The van der Waals surface area contributed by atoms with Crippen molar-refractivity contribution in [3.8, 4) is 5.75 Å². The third-order valence-electron chi connectivity index (χ3n) is 5.10. The van der Waals surface area contributed by atoms with E-state index in [1.165, 1.54) is 0 Å². The number of hydrogen-bond donors (Lipinski definition) is 1. The molecular formula is C23H23NO5. The van der Waals surface area contributed by atoms with Crippen molar-refractivity contribution in [1.82, 2.24) is 4.90 Å². The van der Waals surface area contributed by atoms with Crippen molar-refractivity contribution in [2.45, 2.75) is 25.8 Å². The molecule has 4 rings (SSSR count). The Hall–Kier alpha value is -3.12. The highest BCUT2D eigenvalue weighted by molar-refractivity contribution is 5.99. The van der Waals surface area contributed by atoms with Gasteiger partial charge in [-0.1, -0.05) is 31.2 Å². The van der Waals surface area contributed by atoms with Gasteiger partial charge in [0.25, 0.3) is 5.91 Å². The van der Waals surface area contributed by atoms with Crippen LogP contribution in [0.3, 0.4) is 0 Å². The molecule has 0 fully saturated rings. The molecule has 0 saturated heterocycles. The maximum absolute atomic E-state index is 13.3. The Bertz CT molecular complexity index is 1090. The first-order valence-corrected chi connectivity index (χ1v) is 9.86. The van der Waals surface area contributed by atoms with Crippen LogP contribution < -0.4 is 10.2 Å². The lowest BCUT2D eigenvalue weighted by atomic mass is 9.98. The Morgan fingerprint density at radius 2 is 1.86 bits per heavy atom. The SMILES string of the molecule is CCCOc1ccc(C2c3c(oc4ccccc4c3=O)C(=O)N2CCCO)cc1. The molecule has 1 aromatic heterocycles. The Labute approximate surface area is 168 Å². The van der Waals surface area contributed by atoms with Crippen LogP contribution >= 0.6 is 0 Å². The van der Waals surface area contributed by atoms with Gasteiger partial charge in [-0.3, -0.25) is 9.59 Å². The quantitative estimate of drug-likeness (QED) is 0.664. The number of amides is 1. The number of hydrogen-bond acceptors (Lipinski definition) is 5. The van der Waals surface area contributed by atoms with Crippen LogP contribution in [0.5, 0.6) is 5.75 Å². The average Bonchev–Trinajstić information content (AvgIpc) is 3.03. The summed E-state index contributed by atoms with van der Waals surface area (Å²) in [4.78, 5) is 27.9. The highest BCUT2D eigenvalue weighted by atomic mass is 16.5. The first-order chi connectivity index (χ1) is 14.2. The van der Waals surface area contributed by atoms with Gasteiger partial charge in [0, 0.05) is 13.2 Å². The average molecular weight is 393 g/mol. The van der Waals surface area contributed by atoms with E-state index in [2.05, 4.69) is 0 Å². The van der Waals surface area contributed by atoms with Gasteiger partial charge < -0.3 is 19.2 Å². The van der Waals surface area contributed by atoms with E-state index < -0.39 is 6.04 Å². The Morgan fingerprint density at radius 3 is 2.59 bits per heavy atom. The Morgan fingerprint density at radius 1 is 1.10 bits per heavy atom. The minimum absolute atomic E-state index is 0.0417. The maximum Gasteiger partial charge on any atom is 0.290 e. The van der Waals surface area contributed by atoms with Crippen LogP contribution in [0, 0.1) is 0 Å². The summed E-state index contributed by atoms with van der Waals surface area (Å²) in [5.74, 6) is 0.503. The van der Waals surface area contributed by atoms with Crippen molar-refractivity contribution < 1.29 is 19.1 Å². The molecular weight excluding hydrogens is 370 g/mol. The van der Waals surface area contributed by atoms with E-state index >= 15 is 0 Å². The number of carbonyl (C=O) groups is 1. The zero-order valence-corrected chi connectivity index (χ0v) is 16.3. The number of benzene rings is 2. The predicted octanol–water partition coefficient (Wildman–Crippen LogP) is 3.51. The molecule has 2 aromatic carbocycles. The van der Waals surface area contributed by atoms with Gasteiger partial charge >= 0.3 is 0 Å². The number of fused-ring (bicyclic) bond motifs is 2. The fourth-order valence-electron chi connectivity index (χ4n) is 3.75. The molecule has 1 aliphatic rings. The number of ether oxygens (including phenoxy) is 1. The predicted molar refractivity (Wildman–Crippen MR) is 109 cm³/mol. The van der Waals surface area contributed by atoms with Gasteiger partial charge in [0.05, 0.1) is 23.6 Å². The van der Waals surface area contributed by atoms with Crippen LogP contribution in [0.15, 0.2) is 57.7 Å². The summed E-state index contributed by atoms with van der Waals surface area (Å²) in [6.07, 6.45) is 1.33. The van der Waals surface area contributed by atoms with Gasteiger partial charge in [0.15, 0.2) is 5.43 Å². The highest BCUT2D eigenvalue weighted by Crippen LogP contribution is 2.38. The first-order valence-electron chi connectivity index (χ1n) is 9.86. The lowest BCUT2D eigenvalue weighted by Gasteiger charge is -2.25. The minimum Gasteiger partial charge on any atom is -0.494 e. The Balaban J connectivity index is 1.83. The fourth-order valence-corrected chi connectivity index (χ4v) is 3.75. The Kier molecular flexibility index (Phi) is 5.36. The zero-order valence-electron chi connectivity index (χ0n) is 16.3. The number of para-hydroxylation sites is 1. The summed E-state index contributed by atoms with van der Waals surface area (Å²) in [6.45, 7) is 2.95. The van der Waals surface area contributed by atoms with Crippen molar-refractivity contribution in [3.63, 3.8) is 0 Å².